The zero-order chi connectivity index (χ0) is 19.6. The van der Waals surface area contributed by atoms with Gasteiger partial charge in [0, 0.05) is 18.9 Å². The SMILES string of the molecule is COCCOc1ccc(NC(C)C(=O)Nc2cc(OC)ccc2OC)cc1. The largest absolute Gasteiger partial charge is 0.497 e. The van der Waals surface area contributed by atoms with Gasteiger partial charge in [-0.15, -0.1) is 0 Å². The van der Waals surface area contributed by atoms with Crippen molar-refractivity contribution in [3.8, 4) is 17.2 Å². The third-order valence-corrected chi connectivity index (χ3v) is 3.85. The summed E-state index contributed by atoms with van der Waals surface area (Å²) in [4.78, 5) is 12.5. The molecule has 0 aliphatic rings. The number of rotatable bonds is 10. The van der Waals surface area contributed by atoms with Crippen LogP contribution in [0, 0.1) is 0 Å². The van der Waals surface area contributed by atoms with Crippen LogP contribution < -0.4 is 24.8 Å². The van der Waals surface area contributed by atoms with E-state index in [4.69, 9.17) is 18.9 Å². The first-order valence-electron chi connectivity index (χ1n) is 8.58. The number of amides is 1. The van der Waals surface area contributed by atoms with E-state index in [0.717, 1.165) is 11.4 Å². The zero-order valence-corrected chi connectivity index (χ0v) is 16.1. The first-order chi connectivity index (χ1) is 13.1. The van der Waals surface area contributed by atoms with E-state index in [1.807, 2.05) is 24.3 Å². The van der Waals surface area contributed by atoms with Crippen LogP contribution >= 0.6 is 0 Å². The molecule has 1 atom stereocenters. The standard InChI is InChI=1S/C20H26N2O5/c1-14(21-15-5-7-16(8-6-15)27-12-11-24-2)20(23)22-18-13-17(25-3)9-10-19(18)26-4/h5-10,13-14,21H,11-12H2,1-4H3,(H,22,23). The molecule has 1 unspecified atom stereocenters. The van der Waals surface area contributed by atoms with E-state index in [0.29, 0.717) is 30.4 Å². The summed E-state index contributed by atoms with van der Waals surface area (Å²) in [6.45, 7) is 2.81. The van der Waals surface area contributed by atoms with Crippen LogP contribution in [0.4, 0.5) is 11.4 Å². The van der Waals surface area contributed by atoms with Gasteiger partial charge in [0.2, 0.25) is 5.91 Å². The first kappa shape index (κ1) is 20.4. The molecule has 0 aromatic heterocycles. The summed E-state index contributed by atoms with van der Waals surface area (Å²) in [6.07, 6.45) is 0. The number of benzene rings is 2. The van der Waals surface area contributed by atoms with E-state index in [1.54, 1.807) is 46.5 Å². The molecule has 0 radical (unpaired) electrons. The van der Waals surface area contributed by atoms with Crippen molar-refractivity contribution in [3.63, 3.8) is 0 Å². The average Bonchev–Trinajstić information content (AvgIpc) is 2.69. The van der Waals surface area contributed by atoms with Crippen LogP contribution in [0.15, 0.2) is 42.5 Å². The molecular weight excluding hydrogens is 348 g/mol. The molecule has 0 spiro atoms. The second-order valence-electron chi connectivity index (χ2n) is 5.79. The van der Waals surface area contributed by atoms with Crippen molar-refractivity contribution in [1.82, 2.24) is 0 Å². The van der Waals surface area contributed by atoms with Crippen molar-refractivity contribution >= 4 is 17.3 Å². The van der Waals surface area contributed by atoms with Gasteiger partial charge in [-0.2, -0.15) is 0 Å². The minimum atomic E-state index is -0.457. The Labute approximate surface area is 159 Å². The van der Waals surface area contributed by atoms with E-state index >= 15 is 0 Å². The molecule has 146 valence electrons. The molecule has 2 aromatic carbocycles. The van der Waals surface area contributed by atoms with E-state index < -0.39 is 6.04 Å². The molecule has 0 saturated heterocycles. The lowest BCUT2D eigenvalue weighted by molar-refractivity contribution is -0.116. The lowest BCUT2D eigenvalue weighted by atomic mass is 10.2. The quantitative estimate of drug-likeness (QED) is 0.622. The van der Waals surface area contributed by atoms with Gasteiger partial charge in [-0.1, -0.05) is 0 Å². The van der Waals surface area contributed by atoms with Gasteiger partial charge in [0.1, 0.15) is 29.9 Å². The number of nitrogens with one attached hydrogen (secondary N) is 2. The molecule has 0 saturated carbocycles. The zero-order valence-electron chi connectivity index (χ0n) is 16.1. The van der Waals surface area contributed by atoms with Gasteiger partial charge >= 0.3 is 0 Å². The Morgan fingerprint density at radius 1 is 0.963 bits per heavy atom. The normalized spacial score (nSPS) is 11.4. The molecule has 2 rings (SSSR count). The first-order valence-corrected chi connectivity index (χ1v) is 8.58. The van der Waals surface area contributed by atoms with Crippen LogP contribution in [-0.2, 0) is 9.53 Å². The molecule has 0 aliphatic carbocycles. The van der Waals surface area contributed by atoms with Crippen molar-refractivity contribution in [3.05, 3.63) is 42.5 Å². The van der Waals surface area contributed by atoms with Gasteiger partial charge in [-0.3, -0.25) is 4.79 Å². The Hall–Kier alpha value is -2.93. The number of carbonyl (C=O) groups is 1. The molecule has 0 aliphatic heterocycles. The van der Waals surface area contributed by atoms with Crippen LogP contribution in [0.2, 0.25) is 0 Å². The van der Waals surface area contributed by atoms with Crippen LogP contribution in [0.1, 0.15) is 6.92 Å². The molecule has 7 nitrogen and oxygen atoms in total. The molecule has 0 heterocycles. The summed E-state index contributed by atoms with van der Waals surface area (Å²) in [6, 6.07) is 12.2. The maximum absolute atomic E-state index is 12.5. The molecular formula is C20H26N2O5. The van der Waals surface area contributed by atoms with Crippen molar-refractivity contribution in [2.75, 3.05) is 45.2 Å². The van der Waals surface area contributed by atoms with Gasteiger partial charge in [-0.25, -0.2) is 0 Å². The van der Waals surface area contributed by atoms with E-state index in [1.165, 1.54) is 0 Å². The Bertz CT molecular complexity index is 734. The van der Waals surface area contributed by atoms with Gasteiger partial charge in [-0.05, 0) is 43.3 Å². The summed E-state index contributed by atoms with van der Waals surface area (Å²) in [7, 11) is 4.75. The summed E-state index contributed by atoms with van der Waals surface area (Å²) < 4.78 is 20.9. The maximum Gasteiger partial charge on any atom is 0.246 e. The van der Waals surface area contributed by atoms with Crippen molar-refractivity contribution < 1.29 is 23.7 Å². The summed E-state index contributed by atoms with van der Waals surface area (Å²) in [5.74, 6) is 1.75. The second-order valence-corrected chi connectivity index (χ2v) is 5.79. The lowest BCUT2D eigenvalue weighted by Gasteiger charge is -2.17. The highest BCUT2D eigenvalue weighted by atomic mass is 16.5. The molecule has 0 fully saturated rings. The highest BCUT2D eigenvalue weighted by Crippen LogP contribution is 2.29. The van der Waals surface area contributed by atoms with Crippen molar-refractivity contribution in [2.45, 2.75) is 13.0 Å². The molecule has 7 heteroatoms. The highest BCUT2D eigenvalue weighted by molar-refractivity contribution is 5.97. The number of methoxy groups -OCH3 is 3. The fourth-order valence-electron chi connectivity index (χ4n) is 2.36. The third-order valence-electron chi connectivity index (χ3n) is 3.85. The van der Waals surface area contributed by atoms with E-state index in [-0.39, 0.29) is 5.91 Å². The highest BCUT2D eigenvalue weighted by Gasteiger charge is 2.15. The summed E-state index contributed by atoms with van der Waals surface area (Å²) in [5, 5.41) is 6.01. The Morgan fingerprint density at radius 2 is 1.67 bits per heavy atom. The van der Waals surface area contributed by atoms with Gasteiger partial charge in [0.05, 0.1) is 26.5 Å². The number of ether oxygens (including phenoxy) is 4. The molecule has 0 bridgehead atoms. The minimum Gasteiger partial charge on any atom is -0.497 e. The summed E-state index contributed by atoms with van der Waals surface area (Å²) in [5.41, 5.74) is 1.37. The predicted molar refractivity (Wildman–Crippen MR) is 105 cm³/mol. The summed E-state index contributed by atoms with van der Waals surface area (Å²) >= 11 is 0. The number of hydrogen-bond acceptors (Lipinski definition) is 6. The average molecular weight is 374 g/mol. The van der Waals surface area contributed by atoms with Crippen LogP contribution in [0.3, 0.4) is 0 Å². The topological polar surface area (TPSA) is 78.1 Å². The fraction of sp³-hybridized carbons (Fsp3) is 0.350. The smallest absolute Gasteiger partial charge is 0.246 e. The lowest BCUT2D eigenvalue weighted by Crippen LogP contribution is -2.32. The predicted octanol–water partition coefficient (Wildman–Crippen LogP) is 3.17. The molecule has 27 heavy (non-hydrogen) atoms. The third kappa shape index (κ3) is 6.07. The Balaban J connectivity index is 1.95. The van der Waals surface area contributed by atoms with Crippen LogP contribution in [0.5, 0.6) is 17.2 Å². The number of hydrogen-bond donors (Lipinski definition) is 2. The minimum absolute atomic E-state index is 0.193. The van der Waals surface area contributed by atoms with E-state index in [2.05, 4.69) is 10.6 Å². The molecule has 2 N–H and O–H groups in total. The Kier molecular flexibility index (Phi) is 7.76. The Morgan fingerprint density at radius 3 is 2.30 bits per heavy atom. The molecule has 2 aromatic rings. The fourth-order valence-corrected chi connectivity index (χ4v) is 2.36. The van der Waals surface area contributed by atoms with Gasteiger partial charge < -0.3 is 29.6 Å². The van der Waals surface area contributed by atoms with Crippen LogP contribution in [-0.4, -0.2) is 46.5 Å². The number of anilines is 2. The van der Waals surface area contributed by atoms with Crippen molar-refractivity contribution in [1.29, 1.82) is 0 Å². The van der Waals surface area contributed by atoms with Crippen molar-refractivity contribution in [2.24, 2.45) is 0 Å². The van der Waals surface area contributed by atoms with Crippen LogP contribution in [0.25, 0.3) is 0 Å². The van der Waals surface area contributed by atoms with Gasteiger partial charge in [0.25, 0.3) is 0 Å². The maximum atomic E-state index is 12.5. The van der Waals surface area contributed by atoms with E-state index in [9.17, 15) is 4.79 Å². The monoisotopic (exact) mass is 374 g/mol. The number of carbonyl (C=O) groups excluding carboxylic acids is 1. The molecule has 1 amide bonds. The van der Waals surface area contributed by atoms with Gasteiger partial charge in [0.15, 0.2) is 0 Å². The second kappa shape index (κ2) is 10.3.